The Morgan fingerprint density at radius 3 is 0.799 bits per heavy atom. The molecule has 0 saturated carbocycles. The maximum atomic E-state index is 13.1. The van der Waals surface area contributed by atoms with E-state index in [9.17, 15) is 138 Å². The fraction of sp³-hybridized carbons (Fsp3) is 0.299. The second kappa shape index (κ2) is 48.6. The second-order valence-corrected chi connectivity index (χ2v) is 40.2. The minimum Gasteiger partial charge on any atom is -0.496 e. The Labute approximate surface area is 872 Å². The van der Waals surface area contributed by atoms with Gasteiger partial charge in [-0.05, 0) is 251 Å². The first-order valence-corrected chi connectivity index (χ1v) is 49.4. The molecular formula is C107H87Cl4F18N3O14S3. The van der Waals surface area contributed by atoms with Crippen LogP contribution in [0.4, 0.5) is 79.0 Å². The first-order chi connectivity index (χ1) is 70.4. The van der Waals surface area contributed by atoms with Gasteiger partial charge in [0.15, 0.2) is 34.7 Å². The number of methoxy groups -OCH3 is 2. The van der Waals surface area contributed by atoms with Crippen LogP contribution in [0.1, 0.15) is 179 Å². The van der Waals surface area contributed by atoms with Gasteiger partial charge >= 0.3 is 35.1 Å². The maximum Gasteiger partial charge on any atom is 0.446 e. The molecule has 0 aliphatic heterocycles. The summed E-state index contributed by atoms with van der Waals surface area (Å²) >= 11 is 24.0. The zero-order chi connectivity index (χ0) is 108. The third-order valence-corrected chi connectivity index (χ3v) is 29.5. The van der Waals surface area contributed by atoms with Gasteiger partial charge in [-0.1, -0.05) is 131 Å². The van der Waals surface area contributed by atoms with E-state index in [1.807, 2.05) is 0 Å². The van der Waals surface area contributed by atoms with Crippen LogP contribution in [0.25, 0.3) is 0 Å². The van der Waals surface area contributed by atoms with E-state index >= 15 is 0 Å². The molecule has 42 heteroatoms. The van der Waals surface area contributed by atoms with Crippen molar-refractivity contribution in [2.45, 2.75) is 166 Å². The van der Waals surface area contributed by atoms with Crippen LogP contribution in [0.5, 0.6) is 11.5 Å². The highest BCUT2D eigenvalue weighted by molar-refractivity contribution is 8.00. The van der Waals surface area contributed by atoms with Crippen molar-refractivity contribution in [2.24, 2.45) is 35.5 Å². The van der Waals surface area contributed by atoms with Crippen molar-refractivity contribution in [1.29, 1.82) is 0 Å². The van der Waals surface area contributed by atoms with Gasteiger partial charge in [-0.2, -0.15) is 79.0 Å². The molecule has 149 heavy (non-hydrogen) atoms. The summed E-state index contributed by atoms with van der Waals surface area (Å²) in [4.78, 5) is 87.2. The SMILES string of the molecule is COc1c(CO)ccc2c1CC(Cc1ccc(SC(F)(F)F)cc1)C2=O.COc1c(CO)ccc2c1CC(Cc1ncccc1C(F)(F)F)C2=O.O=C1c2cc(CO)c(Cl)cc2CC1Cc1ccc(SC(F)(F)F)cc1.O=C1c2cc(CO)c(Cl)cc2CC1Cc1ncccc1C(F)(F)F.O=C1c2ccc(CO)c(Cl)c2CC1Cc1ccc(SC(F)(F)F)cc1.O=C1c2ccc(CO)c(Cl)c2CC1Cc1ncccc1C(F)(F)F. The van der Waals surface area contributed by atoms with E-state index in [4.69, 9.17) is 55.9 Å². The number of thioether (sulfide) groups is 3. The number of hydrogen-bond donors (Lipinski definition) is 6. The van der Waals surface area contributed by atoms with Gasteiger partial charge in [0.2, 0.25) is 0 Å². The number of Topliss-reactive ketones (excluding diaryl/α,β-unsaturated/α-hetero) is 6. The van der Waals surface area contributed by atoms with Crippen LogP contribution in [0.3, 0.4) is 0 Å². The first kappa shape index (κ1) is 115. The minimum atomic E-state index is -4.51. The third kappa shape index (κ3) is 28.2. The van der Waals surface area contributed by atoms with Gasteiger partial charge in [0.1, 0.15) is 11.5 Å². The number of nitrogens with zero attached hydrogens (tertiary/aromatic N) is 3. The first-order valence-electron chi connectivity index (χ1n) is 45.5. The van der Waals surface area contributed by atoms with Gasteiger partial charge in [-0.25, -0.2) is 0 Å². The fourth-order valence-corrected chi connectivity index (χ4v) is 21.5. The molecule has 6 atom stereocenters. The average Bonchev–Trinajstić information content (AvgIpc) is 1.63. The van der Waals surface area contributed by atoms with Crippen molar-refractivity contribution in [3.05, 3.63) is 371 Å². The Morgan fingerprint density at radius 1 is 0.295 bits per heavy atom. The molecule has 6 aliphatic carbocycles. The molecule has 786 valence electrons. The Morgan fingerprint density at radius 2 is 0.537 bits per heavy atom. The zero-order valence-corrected chi connectivity index (χ0v) is 83.5. The summed E-state index contributed by atoms with van der Waals surface area (Å²) in [5.74, 6) is -2.50. The number of pyridine rings is 3. The summed E-state index contributed by atoms with van der Waals surface area (Å²) in [6.07, 6.45) is -6.29. The average molecular weight is 2220 g/mol. The molecule has 6 aliphatic rings. The molecule has 3 aromatic heterocycles. The number of aliphatic hydroxyl groups is 6. The van der Waals surface area contributed by atoms with Crippen LogP contribution >= 0.6 is 81.7 Å². The number of carbonyl (C=O) groups excluding carboxylic acids is 6. The minimum absolute atomic E-state index is 0.00321. The zero-order valence-electron chi connectivity index (χ0n) is 78.1. The van der Waals surface area contributed by atoms with Crippen LogP contribution < -0.4 is 9.47 Å². The van der Waals surface area contributed by atoms with E-state index in [2.05, 4.69) is 15.0 Å². The number of alkyl halides is 18. The van der Waals surface area contributed by atoms with E-state index in [-0.39, 0.29) is 191 Å². The van der Waals surface area contributed by atoms with Crippen LogP contribution in [-0.4, -0.2) is 111 Å². The van der Waals surface area contributed by atoms with E-state index in [0.717, 1.165) is 51.6 Å². The second-order valence-electron chi connectivity index (χ2n) is 35.2. The Bertz CT molecular complexity index is 6980. The number of ether oxygens (including phenoxy) is 2. The molecule has 3 heterocycles. The van der Waals surface area contributed by atoms with Crippen LogP contribution in [0.2, 0.25) is 20.1 Å². The van der Waals surface area contributed by atoms with Crippen molar-refractivity contribution in [3.63, 3.8) is 0 Å². The molecule has 0 spiro atoms. The van der Waals surface area contributed by atoms with Gasteiger partial charge in [0.25, 0.3) is 0 Å². The highest BCUT2D eigenvalue weighted by Crippen LogP contribution is 2.48. The summed E-state index contributed by atoms with van der Waals surface area (Å²) in [5, 5.41) is 57.3. The predicted molar refractivity (Wildman–Crippen MR) is 521 cm³/mol. The standard InChI is InChI=1S/C19H17F3O3S.2C18H14ClF3O2S.C18H16F3NO3.2C17H13ClF3NO2/c1-25-18-12(10-23)4-7-15-16(18)9-13(17(15)24)8-11-2-5-14(6-3-11)26-19(20,21)22;19-16-11(9-23)3-6-14-15(16)8-12(17(14)24)7-10-1-4-13(5-2-10)25-18(20,21)22;19-16-8-11-6-12(17(24)15(11)7-13(16)9-23)5-10-1-3-14(4-2-10)25-18(20,21)22;1-25-17-10(9-23)4-5-12-13(17)7-11(16(12)24)8-15-14(18(19,20)21)3-2-6-22-15;18-15-9(8-23)3-4-11-12(15)6-10(16(11)24)7-14-13(17(19,20)21)2-1-5-22-14;18-14-6-9-4-10(16(24)12(9)5-11(14)8-23)7-15-13(17(19,20)21)2-1-3-22-15/h2-7,13,23H,8-10H2,1H3;1-6,12,23H,7-9H2;1-4,7-8,12,23H,5-6,9H2;2-6,11,23H,7-9H2,1H3;1-5,10,23H,6-8H2;1-3,5-6,10,23H,4,7-8H2. The van der Waals surface area contributed by atoms with Crippen molar-refractivity contribution in [1.82, 2.24) is 15.0 Å². The molecular weight excluding hydrogens is 2130 g/mol. The lowest BCUT2D eigenvalue weighted by Crippen LogP contribution is -2.17. The van der Waals surface area contributed by atoms with Gasteiger partial charge in [-0.3, -0.25) is 43.7 Å². The quantitative estimate of drug-likeness (QED) is 0.0256. The number of carbonyl (C=O) groups is 6. The van der Waals surface area contributed by atoms with Crippen LogP contribution in [0.15, 0.2) is 215 Å². The monoisotopic (exact) mass is 2220 g/mol. The maximum absolute atomic E-state index is 13.1. The number of aromatic nitrogens is 3. The summed E-state index contributed by atoms with van der Waals surface area (Å²) in [6.45, 7) is -1.40. The summed E-state index contributed by atoms with van der Waals surface area (Å²) in [7, 11) is 2.94. The van der Waals surface area contributed by atoms with Crippen LogP contribution in [0, 0.1) is 35.5 Å². The lowest BCUT2D eigenvalue weighted by Gasteiger charge is -2.14. The van der Waals surface area contributed by atoms with Crippen molar-refractivity contribution in [3.8, 4) is 11.5 Å². The van der Waals surface area contributed by atoms with E-state index in [1.54, 1.807) is 103 Å². The molecule has 0 fully saturated rings. The molecule has 0 radical (unpaired) electrons. The van der Waals surface area contributed by atoms with Gasteiger partial charge in [-0.15, -0.1) is 0 Å². The normalized spacial score (nSPS) is 17.0. The highest BCUT2D eigenvalue weighted by Gasteiger charge is 2.45. The summed E-state index contributed by atoms with van der Waals surface area (Å²) < 4.78 is 240. The number of hydrogen-bond acceptors (Lipinski definition) is 20. The highest BCUT2D eigenvalue weighted by atomic mass is 35.5. The third-order valence-electron chi connectivity index (χ3n) is 25.7. The molecule has 17 nitrogen and oxygen atoms in total. The number of fused-ring (bicyclic) bond motifs is 6. The molecule has 18 rings (SSSR count). The molecule has 0 saturated heterocycles. The number of ketones is 6. The number of halogens is 22. The van der Waals surface area contributed by atoms with Crippen LogP contribution in [-0.2, 0) is 135 Å². The largest absolute Gasteiger partial charge is 0.496 e. The predicted octanol–water partition coefficient (Wildman–Crippen LogP) is 25.4. The smallest absolute Gasteiger partial charge is 0.446 e. The fourth-order valence-electron chi connectivity index (χ4n) is 18.8. The number of benzene rings is 9. The summed E-state index contributed by atoms with van der Waals surface area (Å²) in [6, 6.07) is 44.3. The van der Waals surface area contributed by atoms with Crippen molar-refractivity contribution in [2.75, 3.05) is 14.2 Å². The Hall–Kier alpha value is -11.2. The summed E-state index contributed by atoms with van der Waals surface area (Å²) in [5.41, 5.74) is -2.90. The van der Waals surface area contributed by atoms with Gasteiger partial charge in [0, 0.05) is 154 Å². The van der Waals surface area contributed by atoms with E-state index < -0.39 is 69.5 Å². The molecule has 0 amide bonds. The van der Waals surface area contributed by atoms with Crippen molar-refractivity contribution >= 4 is 116 Å². The van der Waals surface area contributed by atoms with Gasteiger partial charge < -0.3 is 40.1 Å². The van der Waals surface area contributed by atoms with E-state index in [0.29, 0.717) is 160 Å². The Balaban J connectivity index is 0.000000149. The number of rotatable bonds is 23. The van der Waals surface area contributed by atoms with Gasteiger partial charge in [0.05, 0.1) is 97.7 Å². The Kier molecular flexibility index (Phi) is 37.5. The number of aliphatic hydroxyl groups excluding tert-OH is 6. The molecule has 9 aromatic carbocycles. The lowest BCUT2D eigenvalue weighted by molar-refractivity contribution is -0.139. The van der Waals surface area contributed by atoms with E-state index in [1.165, 1.54) is 93.5 Å². The molecule has 6 N–H and O–H groups in total. The molecule has 6 unspecified atom stereocenters. The molecule has 0 bridgehead atoms. The lowest BCUT2D eigenvalue weighted by atomic mass is 9.96. The molecule has 12 aromatic rings. The van der Waals surface area contributed by atoms with Crippen molar-refractivity contribution < 1.29 is 148 Å². The topological polar surface area (TPSA) is 281 Å².